The quantitative estimate of drug-likeness (QED) is 0.711. The van der Waals surface area contributed by atoms with Gasteiger partial charge in [0.25, 0.3) is 0 Å². The Morgan fingerprint density at radius 2 is 1.86 bits per heavy atom. The van der Waals surface area contributed by atoms with Crippen molar-refractivity contribution < 1.29 is 9.53 Å². The number of hydrogen-bond acceptors (Lipinski definition) is 4. The third-order valence-corrected chi connectivity index (χ3v) is 7.02. The van der Waals surface area contributed by atoms with Crippen molar-refractivity contribution in [3.63, 3.8) is 0 Å². The summed E-state index contributed by atoms with van der Waals surface area (Å²) in [6, 6.07) is 12.7. The number of thiophene rings is 1. The highest BCUT2D eigenvalue weighted by atomic mass is 32.1. The molecule has 156 valence electrons. The van der Waals surface area contributed by atoms with Crippen LogP contribution in [0.2, 0.25) is 0 Å². The van der Waals surface area contributed by atoms with Gasteiger partial charge < -0.3 is 15.4 Å². The molecule has 2 heterocycles. The van der Waals surface area contributed by atoms with Gasteiger partial charge in [0.1, 0.15) is 0 Å². The molecule has 29 heavy (non-hydrogen) atoms. The lowest BCUT2D eigenvalue weighted by molar-refractivity contribution is 0.0341. The van der Waals surface area contributed by atoms with E-state index in [1.165, 1.54) is 41.7 Å². The van der Waals surface area contributed by atoms with Crippen molar-refractivity contribution in [2.24, 2.45) is 5.92 Å². The summed E-state index contributed by atoms with van der Waals surface area (Å²) in [5.41, 5.74) is 2.46. The Morgan fingerprint density at radius 1 is 1.10 bits per heavy atom. The largest absolute Gasteiger partial charge is 0.379 e. The van der Waals surface area contributed by atoms with Gasteiger partial charge in [-0.05, 0) is 41.3 Å². The van der Waals surface area contributed by atoms with Gasteiger partial charge in [0.15, 0.2) is 0 Å². The van der Waals surface area contributed by atoms with Crippen LogP contribution in [0, 0.1) is 5.92 Å². The Morgan fingerprint density at radius 3 is 2.59 bits per heavy atom. The molecule has 0 radical (unpaired) electrons. The molecule has 0 bridgehead atoms. The smallest absolute Gasteiger partial charge is 0.315 e. The van der Waals surface area contributed by atoms with Crippen molar-refractivity contribution in [2.45, 2.75) is 44.8 Å². The number of hydrogen-bond donors (Lipinski definition) is 2. The lowest BCUT2D eigenvalue weighted by atomic mass is 9.97. The molecule has 0 spiro atoms. The van der Waals surface area contributed by atoms with Crippen LogP contribution in [0.3, 0.4) is 0 Å². The van der Waals surface area contributed by atoms with Crippen molar-refractivity contribution in [3.8, 4) is 0 Å². The maximum Gasteiger partial charge on any atom is 0.315 e. The Labute approximate surface area is 177 Å². The van der Waals surface area contributed by atoms with Gasteiger partial charge in [-0.25, -0.2) is 4.79 Å². The van der Waals surface area contributed by atoms with E-state index in [0.717, 1.165) is 32.8 Å². The molecule has 2 aliphatic rings. The maximum atomic E-state index is 12.7. The lowest BCUT2D eigenvalue weighted by Gasteiger charge is -2.27. The summed E-state index contributed by atoms with van der Waals surface area (Å²) < 4.78 is 5.45. The molecule has 1 saturated carbocycles. The third-order valence-electron chi connectivity index (χ3n) is 6.06. The Bertz CT molecular complexity index is 768. The third kappa shape index (κ3) is 5.59. The minimum atomic E-state index is -0.0727. The van der Waals surface area contributed by atoms with Crippen LogP contribution in [0.1, 0.15) is 47.7 Å². The van der Waals surface area contributed by atoms with E-state index in [1.54, 1.807) is 11.3 Å². The summed E-state index contributed by atoms with van der Waals surface area (Å²) in [6.07, 6.45) is 4.94. The van der Waals surface area contributed by atoms with E-state index < -0.39 is 0 Å². The van der Waals surface area contributed by atoms with Gasteiger partial charge in [-0.1, -0.05) is 43.2 Å². The second-order valence-electron chi connectivity index (χ2n) is 8.02. The number of carbonyl (C=O) groups excluding carboxylic acids is 1. The SMILES string of the molecule is O=C(NCc1ccccc1CN1CCOCC1)NC(c1cccs1)C1CCCC1. The zero-order valence-corrected chi connectivity index (χ0v) is 17.8. The van der Waals surface area contributed by atoms with E-state index in [0.29, 0.717) is 12.5 Å². The van der Waals surface area contributed by atoms with Crippen molar-refractivity contribution in [2.75, 3.05) is 26.3 Å². The average molecular weight is 414 g/mol. The summed E-state index contributed by atoms with van der Waals surface area (Å²) in [5, 5.41) is 8.47. The van der Waals surface area contributed by atoms with E-state index in [-0.39, 0.29) is 12.1 Å². The first kappa shape index (κ1) is 20.4. The molecule has 1 aromatic carbocycles. The highest BCUT2D eigenvalue weighted by molar-refractivity contribution is 7.10. The first-order chi connectivity index (χ1) is 14.3. The van der Waals surface area contributed by atoms with E-state index in [4.69, 9.17) is 4.74 Å². The molecule has 6 heteroatoms. The van der Waals surface area contributed by atoms with Crippen LogP contribution in [0.25, 0.3) is 0 Å². The molecule has 1 aromatic heterocycles. The number of rotatable bonds is 7. The Kier molecular flexibility index (Phi) is 7.19. The van der Waals surface area contributed by atoms with Crippen molar-refractivity contribution in [1.82, 2.24) is 15.5 Å². The van der Waals surface area contributed by atoms with E-state index in [1.807, 2.05) is 6.07 Å². The zero-order chi connectivity index (χ0) is 19.9. The molecule has 5 nitrogen and oxygen atoms in total. The number of nitrogens with one attached hydrogen (secondary N) is 2. The second-order valence-corrected chi connectivity index (χ2v) is 9.00. The first-order valence-corrected chi connectivity index (χ1v) is 11.6. The number of urea groups is 1. The van der Waals surface area contributed by atoms with Gasteiger partial charge in [-0.3, -0.25) is 4.90 Å². The fourth-order valence-corrected chi connectivity index (χ4v) is 5.30. The Balaban J connectivity index is 1.35. The monoisotopic (exact) mass is 413 g/mol. The maximum absolute atomic E-state index is 12.7. The average Bonchev–Trinajstić information content (AvgIpc) is 3.47. The molecular weight excluding hydrogens is 382 g/mol. The molecule has 1 atom stereocenters. The number of amides is 2. The van der Waals surface area contributed by atoms with E-state index in [9.17, 15) is 4.79 Å². The van der Waals surface area contributed by atoms with Crippen LogP contribution < -0.4 is 10.6 Å². The molecular formula is C23H31N3O2S. The van der Waals surface area contributed by atoms with Gasteiger partial charge >= 0.3 is 6.03 Å². The minimum absolute atomic E-state index is 0.0727. The van der Waals surface area contributed by atoms with Gasteiger partial charge in [0, 0.05) is 31.1 Å². The molecule has 1 aliphatic heterocycles. The Hall–Kier alpha value is -1.89. The van der Waals surface area contributed by atoms with Crippen LogP contribution in [0.4, 0.5) is 4.79 Å². The van der Waals surface area contributed by atoms with E-state index >= 15 is 0 Å². The summed E-state index contributed by atoms with van der Waals surface area (Å²) in [4.78, 5) is 16.4. The highest BCUT2D eigenvalue weighted by Crippen LogP contribution is 2.37. The number of morpholine rings is 1. The van der Waals surface area contributed by atoms with Crippen molar-refractivity contribution in [3.05, 3.63) is 57.8 Å². The highest BCUT2D eigenvalue weighted by Gasteiger charge is 2.28. The molecule has 1 unspecified atom stereocenters. The first-order valence-electron chi connectivity index (χ1n) is 10.7. The van der Waals surface area contributed by atoms with Crippen LogP contribution in [-0.4, -0.2) is 37.2 Å². The summed E-state index contributed by atoms with van der Waals surface area (Å²) in [5.74, 6) is 0.549. The molecule has 2 amide bonds. The molecule has 4 rings (SSSR count). The van der Waals surface area contributed by atoms with E-state index in [2.05, 4.69) is 51.2 Å². The number of ether oxygens (including phenoxy) is 1. The summed E-state index contributed by atoms with van der Waals surface area (Å²) in [6.45, 7) is 4.98. The topological polar surface area (TPSA) is 53.6 Å². The molecule has 2 fully saturated rings. The predicted octanol–water partition coefficient (Wildman–Crippen LogP) is 4.31. The molecule has 2 N–H and O–H groups in total. The second kappa shape index (κ2) is 10.2. The normalized spacial score (nSPS) is 19.2. The number of carbonyl (C=O) groups is 1. The van der Waals surface area contributed by atoms with Crippen LogP contribution >= 0.6 is 11.3 Å². The number of nitrogens with zero attached hydrogens (tertiary/aromatic N) is 1. The van der Waals surface area contributed by atoms with Gasteiger partial charge in [0.2, 0.25) is 0 Å². The van der Waals surface area contributed by atoms with Crippen LogP contribution in [0.5, 0.6) is 0 Å². The summed E-state index contributed by atoms with van der Waals surface area (Å²) in [7, 11) is 0. The number of benzene rings is 1. The van der Waals surface area contributed by atoms with Gasteiger partial charge in [0.05, 0.1) is 19.3 Å². The van der Waals surface area contributed by atoms with Crippen molar-refractivity contribution >= 4 is 17.4 Å². The van der Waals surface area contributed by atoms with Crippen LogP contribution in [0.15, 0.2) is 41.8 Å². The molecule has 2 aromatic rings. The summed E-state index contributed by atoms with van der Waals surface area (Å²) >= 11 is 1.74. The minimum Gasteiger partial charge on any atom is -0.379 e. The fraction of sp³-hybridized carbons (Fsp3) is 0.522. The zero-order valence-electron chi connectivity index (χ0n) is 16.9. The van der Waals surface area contributed by atoms with Crippen molar-refractivity contribution in [1.29, 1.82) is 0 Å². The molecule has 1 saturated heterocycles. The fourth-order valence-electron chi connectivity index (χ4n) is 4.43. The predicted molar refractivity (Wildman–Crippen MR) is 117 cm³/mol. The van der Waals surface area contributed by atoms with Crippen LogP contribution in [-0.2, 0) is 17.8 Å². The molecule has 1 aliphatic carbocycles. The van der Waals surface area contributed by atoms with Gasteiger partial charge in [-0.2, -0.15) is 0 Å². The standard InChI is InChI=1S/C23H31N3O2S/c27-23(25-22(18-6-1-2-7-18)21-10-5-15-29-21)24-16-19-8-3-4-9-20(19)17-26-11-13-28-14-12-26/h3-5,8-10,15,18,22H,1-2,6-7,11-14,16-17H2,(H2,24,25,27). The van der Waals surface area contributed by atoms with Gasteiger partial charge in [-0.15, -0.1) is 11.3 Å². The lowest BCUT2D eigenvalue weighted by Crippen LogP contribution is -2.40.